The standard InChI is InChI=1S/C15H16BrN3O/c1-3-9(2)19-8-12(17)15(18-19)14-7-10-6-11(16)4-5-13(10)20-14/h4-9H,3,17H2,1-2H3. The van der Waals surface area contributed by atoms with Gasteiger partial charge in [0, 0.05) is 22.1 Å². The zero-order valence-corrected chi connectivity index (χ0v) is 13.0. The lowest BCUT2D eigenvalue weighted by Crippen LogP contribution is -2.03. The molecular formula is C15H16BrN3O. The lowest BCUT2D eigenvalue weighted by atomic mass is 10.2. The Morgan fingerprint density at radius 1 is 1.40 bits per heavy atom. The quantitative estimate of drug-likeness (QED) is 0.761. The number of halogens is 1. The van der Waals surface area contributed by atoms with Crippen LogP contribution in [0.1, 0.15) is 26.3 Å². The molecule has 3 aromatic rings. The highest BCUT2D eigenvalue weighted by atomic mass is 79.9. The summed E-state index contributed by atoms with van der Waals surface area (Å²) in [5.41, 5.74) is 8.25. The van der Waals surface area contributed by atoms with Crippen LogP contribution in [0.3, 0.4) is 0 Å². The summed E-state index contributed by atoms with van der Waals surface area (Å²) in [6.07, 6.45) is 2.88. The molecule has 104 valence electrons. The fraction of sp³-hybridized carbons (Fsp3) is 0.267. The molecule has 0 fully saturated rings. The van der Waals surface area contributed by atoms with E-state index in [9.17, 15) is 0 Å². The average Bonchev–Trinajstić information content (AvgIpc) is 3.00. The predicted octanol–water partition coefficient (Wildman–Crippen LogP) is 4.61. The summed E-state index contributed by atoms with van der Waals surface area (Å²) in [6, 6.07) is 8.20. The van der Waals surface area contributed by atoms with Gasteiger partial charge in [-0.2, -0.15) is 5.10 Å². The summed E-state index contributed by atoms with van der Waals surface area (Å²) in [5.74, 6) is 0.706. The molecule has 1 aromatic carbocycles. The van der Waals surface area contributed by atoms with Crippen molar-refractivity contribution in [3.05, 3.63) is 34.9 Å². The van der Waals surface area contributed by atoms with E-state index < -0.39 is 0 Å². The van der Waals surface area contributed by atoms with Gasteiger partial charge in [0.25, 0.3) is 0 Å². The van der Waals surface area contributed by atoms with Gasteiger partial charge in [0.15, 0.2) is 11.5 Å². The molecular weight excluding hydrogens is 318 g/mol. The van der Waals surface area contributed by atoms with Crippen molar-refractivity contribution < 1.29 is 4.42 Å². The molecule has 0 spiro atoms. The summed E-state index contributed by atoms with van der Waals surface area (Å²) in [7, 11) is 0. The largest absolute Gasteiger partial charge is 0.454 e. The van der Waals surface area contributed by atoms with Gasteiger partial charge in [0.05, 0.1) is 5.69 Å². The summed E-state index contributed by atoms with van der Waals surface area (Å²) >= 11 is 3.46. The highest BCUT2D eigenvalue weighted by Gasteiger charge is 2.15. The molecule has 5 heteroatoms. The van der Waals surface area contributed by atoms with Crippen LogP contribution in [-0.2, 0) is 0 Å². The van der Waals surface area contributed by atoms with Crippen molar-refractivity contribution in [2.75, 3.05) is 5.73 Å². The third-order valence-electron chi connectivity index (χ3n) is 3.51. The first-order valence-electron chi connectivity index (χ1n) is 6.62. The number of rotatable bonds is 3. The summed E-state index contributed by atoms with van der Waals surface area (Å²) in [6.45, 7) is 4.24. The maximum atomic E-state index is 6.07. The van der Waals surface area contributed by atoms with Crippen LogP contribution in [0.15, 0.2) is 39.4 Å². The molecule has 0 saturated carbocycles. The van der Waals surface area contributed by atoms with E-state index in [1.807, 2.05) is 35.1 Å². The molecule has 0 bridgehead atoms. The van der Waals surface area contributed by atoms with Crippen LogP contribution < -0.4 is 5.73 Å². The highest BCUT2D eigenvalue weighted by Crippen LogP contribution is 2.32. The number of benzene rings is 1. The monoisotopic (exact) mass is 333 g/mol. The van der Waals surface area contributed by atoms with Gasteiger partial charge in [0.2, 0.25) is 0 Å². The van der Waals surface area contributed by atoms with E-state index in [2.05, 4.69) is 34.9 Å². The van der Waals surface area contributed by atoms with Crippen LogP contribution in [0.5, 0.6) is 0 Å². The maximum absolute atomic E-state index is 6.07. The number of nitrogens with zero attached hydrogens (tertiary/aromatic N) is 2. The Balaban J connectivity index is 2.08. The Morgan fingerprint density at radius 3 is 2.95 bits per heavy atom. The number of hydrogen-bond donors (Lipinski definition) is 1. The Morgan fingerprint density at radius 2 is 2.20 bits per heavy atom. The number of fused-ring (bicyclic) bond motifs is 1. The van der Waals surface area contributed by atoms with Crippen LogP contribution in [0.4, 0.5) is 5.69 Å². The molecule has 1 atom stereocenters. The lowest BCUT2D eigenvalue weighted by Gasteiger charge is -2.07. The molecule has 0 amide bonds. The number of nitrogen functional groups attached to an aromatic ring is 1. The first-order chi connectivity index (χ1) is 9.58. The Labute approximate surface area is 125 Å². The molecule has 2 N–H and O–H groups in total. The molecule has 0 aliphatic carbocycles. The van der Waals surface area contributed by atoms with Crippen molar-refractivity contribution in [1.29, 1.82) is 0 Å². The Bertz CT molecular complexity index is 760. The van der Waals surface area contributed by atoms with Gasteiger partial charge in [-0.05, 0) is 37.6 Å². The topological polar surface area (TPSA) is 57.0 Å². The van der Waals surface area contributed by atoms with Crippen LogP contribution in [0.25, 0.3) is 22.4 Å². The van der Waals surface area contributed by atoms with Gasteiger partial charge in [-0.25, -0.2) is 0 Å². The van der Waals surface area contributed by atoms with Gasteiger partial charge in [0.1, 0.15) is 5.58 Å². The van der Waals surface area contributed by atoms with Crippen molar-refractivity contribution in [2.24, 2.45) is 0 Å². The second kappa shape index (κ2) is 4.98. The predicted molar refractivity (Wildman–Crippen MR) is 84.5 cm³/mol. The molecule has 1 unspecified atom stereocenters. The van der Waals surface area contributed by atoms with E-state index in [0.717, 1.165) is 21.9 Å². The molecule has 2 aromatic heterocycles. The third kappa shape index (κ3) is 2.22. The number of furan rings is 1. The van der Waals surface area contributed by atoms with E-state index in [-0.39, 0.29) is 0 Å². The fourth-order valence-electron chi connectivity index (χ4n) is 2.14. The molecule has 4 nitrogen and oxygen atoms in total. The highest BCUT2D eigenvalue weighted by molar-refractivity contribution is 9.10. The number of anilines is 1. The molecule has 0 aliphatic heterocycles. The molecule has 3 rings (SSSR count). The first-order valence-corrected chi connectivity index (χ1v) is 7.42. The zero-order valence-electron chi connectivity index (χ0n) is 11.4. The van der Waals surface area contributed by atoms with Crippen LogP contribution in [0.2, 0.25) is 0 Å². The van der Waals surface area contributed by atoms with Gasteiger partial charge in [-0.3, -0.25) is 4.68 Å². The van der Waals surface area contributed by atoms with Crippen LogP contribution in [-0.4, -0.2) is 9.78 Å². The van der Waals surface area contributed by atoms with Crippen molar-refractivity contribution in [3.63, 3.8) is 0 Å². The molecule has 0 radical (unpaired) electrons. The number of hydrogen-bond acceptors (Lipinski definition) is 3. The fourth-order valence-corrected chi connectivity index (χ4v) is 2.52. The van der Waals surface area contributed by atoms with E-state index in [1.165, 1.54) is 0 Å². The summed E-state index contributed by atoms with van der Waals surface area (Å²) in [5, 5.41) is 5.59. The van der Waals surface area contributed by atoms with E-state index in [0.29, 0.717) is 23.2 Å². The number of aromatic nitrogens is 2. The first kappa shape index (κ1) is 13.2. The molecule has 2 heterocycles. The van der Waals surface area contributed by atoms with Gasteiger partial charge >= 0.3 is 0 Å². The van der Waals surface area contributed by atoms with Gasteiger partial charge in [-0.15, -0.1) is 0 Å². The third-order valence-corrected chi connectivity index (χ3v) is 4.01. The minimum atomic E-state index is 0.324. The molecule has 0 saturated heterocycles. The second-order valence-corrected chi connectivity index (χ2v) is 5.88. The maximum Gasteiger partial charge on any atom is 0.157 e. The average molecular weight is 334 g/mol. The van der Waals surface area contributed by atoms with Crippen LogP contribution in [0, 0.1) is 0 Å². The lowest BCUT2D eigenvalue weighted by molar-refractivity contribution is 0.477. The number of nitrogens with two attached hydrogens (primary N) is 1. The SMILES string of the molecule is CCC(C)n1cc(N)c(-c2cc3cc(Br)ccc3o2)n1. The minimum absolute atomic E-state index is 0.324. The smallest absolute Gasteiger partial charge is 0.157 e. The van der Waals surface area contributed by atoms with Crippen molar-refractivity contribution >= 4 is 32.6 Å². The summed E-state index contributed by atoms with van der Waals surface area (Å²) < 4.78 is 8.76. The second-order valence-electron chi connectivity index (χ2n) is 4.96. The van der Waals surface area contributed by atoms with Crippen LogP contribution >= 0.6 is 15.9 Å². The van der Waals surface area contributed by atoms with E-state index in [1.54, 1.807) is 0 Å². The zero-order chi connectivity index (χ0) is 14.3. The normalized spacial score (nSPS) is 12.9. The van der Waals surface area contributed by atoms with Crippen molar-refractivity contribution in [2.45, 2.75) is 26.3 Å². The summed E-state index contributed by atoms with van der Waals surface area (Å²) in [4.78, 5) is 0. The van der Waals surface area contributed by atoms with Gasteiger partial charge in [-0.1, -0.05) is 22.9 Å². The van der Waals surface area contributed by atoms with Gasteiger partial charge < -0.3 is 10.2 Å². The van der Waals surface area contributed by atoms with Crippen molar-refractivity contribution in [3.8, 4) is 11.5 Å². The minimum Gasteiger partial charge on any atom is -0.454 e. The Kier molecular flexibility index (Phi) is 3.30. The van der Waals surface area contributed by atoms with E-state index in [4.69, 9.17) is 10.2 Å². The molecule has 20 heavy (non-hydrogen) atoms. The van der Waals surface area contributed by atoms with E-state index >= 15 is 0 Å². The molecule has 0 aliphatic rings. The van der Waals surface area contributed by atoms with Crippen molar-refractivity contribution in [1.82, 2.24) is 9.78 Å². The Hall–Kier alpha value is -1.75.